The Labute approximate surface area is 122 Å². The molecule has 0 aliphatic carbocycles. The third-order valence-corrected chi connectivity index (χ3v) is 3.80. The standard InChI is InChI=1S/C15H17NO3S/c1-5-18-15(17)11-6-7-13(20-4)14(10(11)3)12-8-9(2)16-19-12/h6-8H,5H2,1-4H3. The van der Waals surface area contributed by atoms with Crippen molar-refractivity contribution in [1.82, 2.24) is 5.16 Å². The van der Waals surface area contributed by atoms with Gasteiger partial charge in [-0.15, -0.1) is 11.8 Å². The van der Waals surface area contributed by atoms with Crippen LogP contribution in [0.4, 0.5) is 0 Å². The van der Waals surface area contributed by atoms with E-state index in [1.165, 1.54) is 0 Å². The number of esters is 1. The van der Waals surface area contributed by atoms with Gasteiger partial charge in [-0.2, -0.15) is 0 Å². The smallest absolute Gasteiger partial charge is 0.338 e. The van der Waals surface area contributed by atoms with Crippen LogP contribution in [-0.4, -0.2) is 24.0 Å². The van der Waals surface area contributed by atoms with Crippen molar-refractivity contribution >= 4 is 17.7 Å². The Bertz CT molecular complexity index is 634. The lowest BCUT2D eigenvalue weighted by atomic mass is 10.0. The number of aryl methyl sites for hydroxylation is 1. The zero-order valence-electron chi connectivity index (χ0n) is 12.0. The predicted molar refractivity (Wildman–Crippen MR) is 79.2 cm³/mol. The lowest BCUT2D eigenvalue weighted by molar-refractivity contribution is 0.0525. The monoisotopic (exact) mass is 291 g/mol. The number of hydrogen-bond acceptors (Lipinski definition) is 5. The molecule has 0 spiro atoms. The van der Waals surface area contributed by atoms with E-state index in [4.69, 9.17) is 9.26 Å². The van der Waals surface area contributed by atoms with Crippen molar-refractivity contribution in [3.8, 4) is 11.3 Å². The Hall–Kier alpha value is -1.75. The first-order valence-electron chi connectivity index (χ1n) is 6.36. The molecule has 0 saturated heterocycles. The minimum atomic E-state index is -0.310. The summed E-state index contributed by atoms with van der Waals surface area (Å²) < 4.78 is 10.4. The Kier molecular flexibility index (Phi) is 4.49. The molecule has 0 bridgehead atoms. The average Bonchev–Trinajstić information content (AvgIpc) is 2.84. The van der Waals surface area contributed by atoms with E-state index in [1.54, 1.807) is 24.8 Å². The molecule has 106 valence electrons. The third-order valence-electron chi connectivity index (χ3n) is 3.02. The normalized spacial score (nSPS) is 10.6. The van der Waals surface area contributed by atoms with Crippen LogP contribution in [0.5, 0.6) is 0 Å². The van der Waals surface area contributed by atoms with Gasteiger partial charge < -0.3 is 9.26 Å². The highest BCUT2D eigenvalue weighted by Crippen LogP contribution is 2.35. The molecule has 0 atom stereocenters. The van der Waals surface area contributed by atoms with E-state index in [2.05, 4.69) is 5.16 Å². The molecule has 0 aliphatic heterocycles. The van der Waals surface area contributed by atoms with Gasteiger partial charge in [0.1, 0.15) is 0 Å². The second-order valence-electron chi connectivity index (χ2n) is 4.37. The summed E-state index contributed by atoms with van der Waals surface area (Å²) >= 11 is 1.61. The molecule has 0 aliphatic rings. The van der Waals surface area contributed by atoms with E-state index in [0.29, 0.717) is 17.9 Å². The van der Waals surface area contributed by atoms with Crippen LogP contribution in [0.25, 0.3) is 11.3 Å². The molecule has 1 aromatic heterocycles. The number of benzene rings is 1. The lowest BCUT2D eigenvalue weighted by Crippen LogP contribution is -2.07. The van der Waals surface area contributed by atoms with Crippen molar-refractivity contribution in [3.05, 3.63) is 35.0 Å². The van der Waals surface area contributed by atoms with Gasteiger partial charge in [-0.3, -0.25) is 0 Å². The summed E-state index contributed by atoms with van der Waals surface area (Å²) in [5.41, 5.74) is 3.14. The van der Waals surface area contributed by atoms with Gasteiger partial charge in [-0.05, 0) is 44.7 Å². The topological polar surface area (TPSA) is 52.3 Å². The molecule has 0 fully saturated rings. The zero-order valence-corrected chi connectivity index (χ0v) is 12.8. The highest BCUT2D eigenvalue weighted by atomic mass is 32.2. The van der Waals surface area contributed by atoms with E-state index in [1.807, 2.05) is 32.2 Å². The molecular weight excluding hydrogens is 274 g/mol. The molecule has 0 saturated carbocycles. The Morgan fingerprint density at radius 2 is 2.15 bits per heavy atom. The van der Waals surface area contributed by atoms with Crippen molar-refractivity contribution < 1.29 is 14.1 Å². The number of hydrogen-bond donors (Lipinski definition) is 0. The number of nitrogens with zero attached hydrogens (tertiary/aromatic N) is 1. The quantitative estimate of drug-likeness (QED) is 0.632. The Morgan fingerprint density at radius 1 is 1.40 bits per heavy atom. The second-order valence-corrected chi connectivity index (χ2v) is 5.22. The van der Waals surface area contributed by atoms with Gasteiger partial charge in [0.15, 0.2) is 5.76 Å². The number of ether oxygens (including phenoxy) is 1. The van der Waals surface area contributed by atoms with Crippen molar-refractivity contribution in [1.29, 1.82) is 0 Å². The number of carbonyl (C=O) groups is 1. The van der Waals surface area contributed by atoms with Crippen LogP contribution in [0.2, 0.25) is 0 Å². The summed E-state index contributed by atoms with van der Waals surface area (Å²) in [5.74, 6) is 0.366. The Morgan fingerprint density at radius 3 is 2.70 bits per heavy atom. The molecule has 4 nitrogen and oxygen atoms in total. The first-order valence-corrected chi connectivity index (χ1v) is 7.59. The molecule has 1 heterocycles. The maximum Gasteiger partial charge on any atom is 0.338 e. The van der Waals surface area contributed by atoms with E-state index in [-0.39, 0.29) is 5.97 Å². The molecule has 5 heteroatoms. The van der Waals surface area contributed by atoms with Crippen LogP contribution in [-0.2, 0) is 4.74 Å². The Balaban J connectivity index is 2.58. The first kappa shape index (κ1) is 14.7. The maximum atomic E-state index is 12.0. The minimum Gasteiger partial charge on any atom is -0.462 e. The van der Waals surface area contributed by atoms with Gasteiger partial charge in [0.2, 0.25) is 0 Å². The maximum absolute atomic E-state index is 12.0. The molecule has 0 amide bonds. The molecule has 0 radical (unpaired) electrons. The summed E-state index contributed by atoms with van der Waals surface area (Å²) in [7, 11) is 0. The first-order chi connectivity index (χ1) is 9.58. The highest BCUT2D eigenvalue weighted by Gasteiger charge is 2.19. The number of carbonyl (C=O) groups excluding carboxylic acids is 1. The van der Waals surface area contributed by atoms with Crippen LogP contribution < -0.4 is 0 Å². The average molecular weight is 291 g/mol. The fraction of sp³-hybridized carbons (Fsp3) is 0.333. The largest absolute Gasteiger partial charge is 0.462 e. The summed E-state index contributed by atoms with van der Waals surface area (Å²) in [6, 6.07) is 5.58. The van der Waals surface area contributed by atoms with Gasteiger partial charge in [-0.25, -0.2) is 4.79 Å². The summed E-state index contributed by atoms with van der Waals surface area (Å²) in [6.45, 7) is 5.93. The van der Waals surface area contributed by atoms with Gasteiger partial charge in [0.05, 0.1) is 17.9 Å². The van der Waals surface area contributed by atoms with Gasteiger partial charge >= 0.3 is 5.97 Å². The molecule has 0 unspecified atom stereocenters. The number of rotatable bonds is 4. The van der Waals surface area contributed by atoms with Crippen LogP contribution in [0.15, 0.2) is 27.6 Å². The molecule has 1 aromatic carbocycles. The van der Waals surface area contributed by atoms with Crippen molar-refractivity contribution in [3.63, 3.8) is 0 Å². The van der Waals surface area contributed by atoms with Crippen LogP contribution in [0.1, 0.15) is 28.5 Å². The van der Waals surface area contributed by atoms with E-state index >= 15 is 0 Å². The molecule has 20 heavy (non-hydrogen) atoms. The van der Waals surface area contributed by atoms with Crippen LogP contribution in [0, 0.1) is 13.8 Å². The lowest BCUT2D eigenvalue weighted by Gasteiger charge is -2.12. The van der Waals surface area contributed by atoms with Crippen LogP contribution in [0.3, 0.4) is 0 Å². The zero-order chi connectivity index (χ0) is 14.7. The molecule has 2 rings (SSSR count). The number of aromatic nitrogens is 1. The molecular formula is C15H17NO3S. The fourth-order valence-electron chi connectivity index (χ4n) is 2.07. The van der Waals surface area contributed by atoms with E-state index in [9.17, 15) is 4.79 Å². The summed E-state index contributed by atoms with van der Waals surface area (Å²) in [5, 5.41) is 3.92. The second kappa shape index (κ2) is 6.13. The highest BCUT2D eigenvalue weighted by molar-refractivity contribution is 7.98. The van der Waals surface area contributed by atoms with Gasteiger partial charge in [0, 0.05) is 16.5 Å². The van der Waals surface area contributed by atoms with E-state index in [0.717, 1.165) is 21.7 Å². The molecule has 2 aromatic rings. The van der Waals surface area contributed by atoms with Gasteiger partial charge in [0.25, 0.3) is 0 Å². The van der Waals surface area contributed by atoms with Crippen molar-refractivity contribution in [2.75, 3.05) is 12.9 Å². The van der Waals surface area contributed by atoms with Crippen molar-refractivity contribution in [2.24, 2.45) is 0 Å². The van der Waals surface area contributed by atoms with E-state index < -0.39 is 0 Å². The summed E-state index contributed by atoms with van der Waals surface area (Å²) in [4.78, 5) is 13.0. The van der Waals surface area contributed by atoms with Gasteiger partial charge in [-0.1, -0.05) is 5.16 Å². The number of thioether (sulfide) groups is 1. The SMILES string of the molecule is CCOC(=O)c1ccc(SC)c(-c2cc(C)no2)c1C. The fourth-order valence-corrected chi connectivity index (χ4v) is 2.74. The summed E-state index contributed by atoms with van der Waals surface area (Å²) in [6.07, 6.45) is 1.99. The van der Waals surface area contributed by atoms with Crippen molar-refractivity contribution in [2.45, 2.75) is 25.7 Å². The van der Waals surface area contributed by atoms with Crippen LogP contribution >= 0.6 is 11.8 Å². The molecule has 0 N–H and O–H groups in total. The predicted octanol–water partition coefficient (Wildman–Crippen LogP) is 3.86. The third kappa shape index (κ3) is 2.72. The minimum absolute atomic E-state index is 0.310.